The molecule has 1 aliphatic heterocycles. The van der Waals surface area contributed by atoms with Gasteiger partial charge in [-0.2, -0.15) is 0 Å². The Morgan fingerprint density at radius 1 is 0.882 bits per heavy atom. The summed E-state index contributed by atoms with van der Waals surface area (Å²) in [5.41, 5.74) is 2.45. The van der Waals surface area contributed by atoms with Crippen molar-refractivity contribution in [1.29, 1.82) is 0 Å². The summed E-state index contributed by atoms with van der Waals surface area (Å²) in [6, 6.07) is 18.7. The van der Waals surface area contributed by atoms with Gasteiger partial charge in [-0.15, -0.1) is 0 Å². The van der Waals surface area contributed by atoms with Gasteiger partial charge in [-0.1, -0.05) is 60.3 Å². The Balaban J connectivity index is 1.97. The zero-order valence-electron chi connectivity index (χ0n) is 9.30. The highest BCUT2D eigenvalue weighted by atomic mass is 32.2. The van der Waals surface area contributed by atoms with Crippen LogP contribution in [0.3, 0.4) is 0 Å². The molecule has 84 valence electrons. The number of thioether (sulfide) groups is 1. The molecule has 0 unspecified atom stereocenters. The summed E-state index contributed by atoms with van der Waals surface area (Å²) >= 11 is 1.77. The first kappa shape index (κ1) is 10.5. The molecular formula is C15H12OS. The van der Waals surface area contributed by atoms with E-state index in [0.717, 1.165) is 4.91 Å². The third-order valence-electron chi connectivity index (χ3n) is 2.68. The highest BCUT2D eigenvalue weighted by Crippen LogP contribution is 2.38. The number of benzene rings is 2. The number of hydrogen-bond acceptors (Lipinski definition) is 2. The molecule has 0 amide bonds. The van der Waals surface area contributed by atoms with Gasteiger partial charge in [0.15, 0.2) is 0 Å². The van der Waals surface area contributed by atoms with Crippen molar-refractivity contribution in [3.63, 3.8) is 0 Å². The number of fused-ring (bicyclic) bond motifs is 1. The Morgan fingerprint density at radius 2 is 1.65 bits per heavy atom. The van der Waals surface area contributed by atoms with Gasteiger partial charge in [0.05, 0.1) is 11.2 Å². The fraction of sp³-hybridized carbons (Fsp3) is 0.0667. The van der Waals surface area contributed by atoms with E-state index >= 15 is 0 Å². The predicted molar refractivity (Wildman–Crippen MR) is 71.5 cm³/mol. The standard InChI is InChI=1S/C15H12OS/c1-2-6-12(7-3-1)15-11-16-10-13-8-4-5-9-14(13)17-15/h1-9,11H,10H2. The molecule has 0 aromatic heterocycles. The molecule has 0 radical (unpaired) electrons. The normalized spacial score (nSPS) is 14.2. The first-order valence-corrected chi connectivity index (χ1v) is 6.38. The summed E-state index contributed by atoms with van der Waals surface area (Å²) < 4.78 is 5.61. The van der Waals surface area contributed by atoms with Crippen molar-refractivity contribution in [3.05, 3.63) is 72.0 Å². The van der Waals surface area contributed by atoms with E-state index < -0.39 is 0 Å². The summed E-state index contributed by atoms with van der Waals surface area (Å²) in [4.78, 5) is 2.44. The Labute approximate surface area is 105 Å². The minimum atomic E-state index is 0.652. The lowest BCUT2D eigenvalue weighted by atomic mass is 10.2. The van der Waals surface area contributed by atoms with Crippen LogP contribution in [0.1, 0.15) is 11.1 Å². The Kier molecular flexibility index (Phi) is 2.88. The molecule has 0 spiro atoms. The molecule has 17 heavy (non-hydrogen) atoms. The number of rotatable bonds is 1. The van der Waals surface area contributed by atoms with Gasteiger partial charge in [-0.05, 0) is 11.6 Å². The van der Waals surface area contributed by atoms with E-state index in [-0.39, 0.29) is 0 Å². The Hall–Kier alpha value is -1.67. The molecule has 0 N–H and O–H groups in total. The monoisotopic (exact) mass is 240 g/mol. The lowest BCUT2D eigenvalue weighted by Gasteiger charge is -2.05. The van der Waals surface area contributed by atoms with E-state index in [1.807, 2.05) is 24.5 Å². The molecule has 2 heteroatoms. The molecule has 0 saturated carbocycles. The molecule has 0 fully saturated rings. The maximum absolute atomic E-state index is 5.61. The summed E-state index contributed by atoms with van der Waals surface area (Å²) in [6.07, 6.45) is 1.86. The zero-order valence-corrected chi connectivity index (χ0v) is 10.1. The van der Waals surface area contributed by atoms with Crippen LogP contribution in [-0.2, 0) is 11.3 Å². The van der Waals surface area contributed by atoms with E-state index in [9.17, 15) is 0 Å². The smallest absolute Gasteiger partial charge is 0.114 e. The van der Waals surface area contributed by atoms with Crippen molar-refractivity contribution < 1.29 is 4.74 Å². The minimum absolute atomic E-state index is 0.652. The maximum atomic E-state index is 5.61. The fourth-order valence-electron chi connectivity index (χ4n) is 1.80. The molecular weight excluding hydrogens is 228 g/mol. The van der Waals surface area contributed by atoms with Gasteiger partial charge in [-0.25, -0.2) is 0 Å². The molecule has 0 saturated heterocycles. The molecule has 3 rings (SSSR count). The summed E-state index contributed by atoms with van der Waals surface area (Å²) in [7, 11) is 0. The van der Waals surface area contributed by atoms with Gasteiger partial charge in [0, 0.05) is 10.5 Å². The van der Waals surface area contributed by atoms with Crippen LogP contribution in [0.25, 0.3) is 4.91 Å². The van der Waals surface area contributed by atoms with Crippen LogP contribution in [0.5, 0.6) is 0 Å². The van der Waals surface area contributed by atoms with Gasteiger partial charge in [0.25, 0.3) is 0 Å². The van der Waals surface area contributed by atoms with E-state index in [1.165, 1.54) is 16.0 Å². The SMILES string of the molecule is C1=C(c2ccccc2)Sc2ccccc2CO1. The van der Waals surface area contributed by atoms with Crippen LogP contribution in [0.4, 0.5) is 0 Å². The summed E-state index contributed by atoms with van der Waals surface area (Å²) in [5.74, 6) is 0. The van der Waals surface area contributed by atoms with Crippen LogP contribution in [0.15, 0.2) is 65.8 Å². The Bertz CT molecular complexity index is 546. The van der Waals surface area contributed by atoms with Crippen LogP contribution in [0.2, 0.25) is 0 Å². The van der Waals surface area contributed by atoms with Crippen LogP contribution in [0, 0.1) is 0 Å². The minimum Gasteiger partial charge on any atom is -0.495 e. The molecule has 1 heterocycles. The molecule has 0 aliphatic carbocycles. The molecule has 0 atom stereocenters. The van der Waals surface area contributed by atoms with E-state index in [1.54, 1.807) is 11.8 Å². The van der Waals surface area contributed by atoms with Crippen molar-refractivity contribution in [2.45, 2.75) is 11.5 Å². The Morgan fingerprint density at radius 3 is 2.53 bits per heavy atom. The van der Waals surface area contributed by atoms with Crippen LogP contribution >= 0.6 is 11.8 Å². The van der Waals surface area contributed by atoms with E-state index in [0.29, 0.717) is 6.61 Å². The van der Waals surface area contributed by atoms with Gasteiger partial charge in [-0.3, -0.25) is 0 Å². The molecule has 1 nitrogen and oxygen atoms in total. The highest BCUT2D eigenvalue weighted by Gasteiger charge is 2.11. The van der Waals surface area contributed by atoms with Crippen molar-refractivity contribution in [2.75, 3.05) is 0 Å². The molecule has 1 aliphatic rings. The van der Waals surface area contributed by atoms with Crippen LogP contribution in [-0.4, -0.2) is 0 Å². The quantitative estimate of drug-likeness (QED) is 0.734. The van der Waals surface area contributed by atoms with Crippen LogP contribution < -0.4 is 0 Å². The third-order valence-corrected chi connectivity index (χ3v) is 3.85. The van der Waals surface area contributed by atoms with Crippen molar-refractivity contribution >= 4 is 16.7 Å². The summed E-state index contributed by atoms with van der Waals surface area (Å²) in [5, 5.41) is 0. The number of ether oxygens (including phenoxy) is 1. The average Bonchev–Trinajstić information content (AvgIpc) is 2.62. The van der Waals surface area contributed by atoms with Crippen molar-refractivity contribution in [3.8, 4) is 0 Å². The average molecular weight is 240 g/mol. The lowest BCUT2D eigenvalue weighted by molar-refractivity contribution is 0.237. The van der Waals surface area contributed by atoms with Gasteiger partial charge in [0.1, 0.15) is 6.61 Å². The second-order valence-corrected chi connectivity index (χ2v) is 4.95. The van der Waals surface area contributed by atoms with Gasteiger partial charge in [0.2, 0.25) is 0 Å². The van der Waals surface area contributed by atoms with Crippen molar-refractivity contribution in [1.82, 2.24) is 0 Å². The van der Waals surface area contributed by atoms with E-state index in [2.05, 4.69) is 36.4 Å². The predicted octanol–water partition coefficient (Wildman–Crippen LogP) is 4.31. The lowest BCUT2D eigenvalue weighted by Crippen LogP contribution is -1.85. The second kappa shape index (κ2) is 4.68. The third kappa shape index (κ3) is 2.22. The topological polar surface area (TPSA) is 9.23 Å². The summed E-state index contributed by atoms with van der Waals surface area (Å²) in [6.45, 7) is 0.652. The van der Waals surface area contributed by atoms with Gasteiger partial charge >= 0.3 is 0 Å². The molecule has 2 aromatic carbocycles. The maximum Gasteiger partial charge on any atom is 0.114 e. The van der Waals surface area contributed by atoms with Crippen molar-refractivity contribution in [2.24, 2.45) is 0 Å². The zero-order chi connectivity index (χ0) is 11.5. The number of hydrogen-bond donors (Lipinski definition) is 0. The van der Waals surface area contributed by atoms with E-state index in [4.69, 9.17) is 4.74 Å². The first-order chi connectivity index (χ1) is 8.43. The molecule has 2 aromatic rings. The second-order valence-electron chi connectivity index (χ2n) is 3.87. The first-order valence-electron chi connectivity index (χ1n) is 5.56. The highest BCUT2D eigenvalue weighted by molar-refractivity contribution is 8.08. The van der Waals surface area contributed by atoms with Gasteiger partial charge < -0.3 is 4.74 Å². The molecule has 0 bridgehead atoms. The largest absolute Gasteiger partial charge is 0.495 e. The fourth-order valence-corrected chi connectivity index (χ4v) is 2.81.